The van der Waals surface area contributed by atoms with Crippen LogP contribution in [0.25, 0.3) is 0 Å². The molecule has 0 bridgehead atoms. The number of rotatable bonds is 5. The normalized spacial score (nSPS) is 21.7. The van der Waals surface area contributed by atoms with Crippen LogP contribution in [0.15, 0.2) is 23.0 Å². The van der Waals surface area contributed by atoms with Gasteiger partial charge in [0, 0.05) is 6.54 Å². The molecule has 0 unspecified atom stereocenters. The van der Waals surface area contributed by atoms with Gasteiger partial charge in [0.15, 0.2) is 5.78 Å². The fourth-order valence-electron chi connectivity index (χ4n) is 3.57. The Balaban J connectivity index is 0.00000243. The lowest BCUT2D eigenvalue weighted by atomic mass is 9.95. The van der Waals surface area contributed by atoms with Gasteiger partial charge in [-0.25, -0.2) is 0 Å². The molecule has 2 aliphatic heterocycles. The van der Waals surface area contributed by atoms with Crippen LogP contribution in [0.3, 0.4) is 0 Å². The molecule has 0 aromatic carbocycles. The first-order valence-corrected chi connectivity index (χ1v) is 8.75. The molecule has 1 aromatic rings. The molecule has 7 nitrogen and oxygen atoms in total. The Morgan fingerprint density at radius 1 is 1.32 bits per heavy atom. The summed E-state index contributed by atoms with van der Waals surface area (Å²) in [5.74, 6) is -0.397. The zero-order valence-electron chi connectivity index (χ0n) is 15.6. The average Bonchev–Trinajstić information content (AvgIpc) is 3.23. The summed E-state index contributed by atoms with van der Waals surface area (Å²) in [6, 6.07) is 0.369. The predicted molar refractivity (Wildman–Crippen MR) is 116 cm³/mol. The van der Waals surface area contributed by atoms with Gasteiger partial charge < -0.3 is 19.4 Å². The largest absolute Gasteiger partial charge is 0.472 e. The molecule has 3 rings (SSSR count). The Morgan fingerprint density at radius 3 is 2.64 bits per heavy atom. The zero-order chi connectivity index (χ0) is 18.0. The van der Waals surface area contributed by atoms with E-state index < -0.39 is 12.1 Å². The van der Waals surface area contributed by atoms with Crippen molar-refractivity contribution in [3.05, 3.63) is 24.2 Å². The highest BCUT2D eigenvalue weighted by Gasteiger charge is 2.45. The van der Waals surface area contributed by atoms with Crippen molar-refractivity contribution in [1.29, 1.82) is 0 Å². The van der Waals surface area contributed by atoms with Crippen LogP contribution < -0.4 is 5.32 Å². The number of ether oxygens (including phenoxy) is 1. The number of hydrogen-bond acceptors (Lipinski definition) is 5. The van der Waals surface area contributed by atoms with Crippen molar-refractivity contribution in [2.45, 2.75) is 58.7 Å². The minimum absolute atomic E-state index is 0. The summed E-state index contributed by atoms with van der Waals surface area (Å²) in [7, 11) is 0. The van der Waals surface area contributed by atoms with Gasteiger partial charge in [0.2, 0.25) is 5.91 Å². The molecule has 2 aliphatic rings. The van der Waals surface area contributed by atoms with Crippen LogP contribution in [0, 0.1) is 5.92 Å². The Labute approximate surface area is 180 Å². The molecule has 1 aromatic heterocycles. The number of carbonyl (C=O) groups excluding carboxylic acids is 3. The first-order chi connectivity index (χ1) is 12.0. The summed E-state index contributed by atoms with van der Waals surface area (Å²) in [5, 5.41) is 2.80. The number of nitrogens with zero attached hydrogens (tertiary/aromatic N) is 1. The van der Waals surface area contributed by atoms with Gasteiger partial charge in [0.05, 0.1) is 17.9 Å². The second-order valence-corrected chi connectivity index (χ2v) is 7.10. The molecule has 2 saturated heterocycles. The lowest BCUT2D eigenvalue weighted by Crippen LogP contribution is -2.58. The number of carbonyl (C=O) groups is 3. The van der Waals surface area contributed by atoms with Gasteiger partial charge in [-0.15, -0.1) is 0 Å². The van der Waals surface area contributed by atoms with Crippen LogP contribution in [0.4, 0.5) is 0 Å². The first kappa shape index (κ1) is 26.6. The molecule has 0 radical (unpaired) electrons. The molecule has 0 aliphatic carbocycles. The molecule has 1 N–H and O–H groups in total. The van der Waals surface area contributed by atoms with Gasteiger partial charge in [0.25, 0.3) is 5.91 Å². The van der Waals surface area contributed by atoms with Gasteiger partial charge in [0.1, 0.15) is 25.0 Å². The number of amides is 2. The molecule has 2 amide bonds. The summed E-state index contributed by atoms with van der Waals surface area (Å²) in [6.07, 6.45) is 4.64. The Kier molecular flexibility index (Phi) is 10.9. The number of nitrogens with one attached hydrogen (secondary N) is 1. The maximum atomic E-state index is 13.1. The molecule has 3 heterocycles. The topological polar surface area (TPSA) is 88.8 Å². The lowest BCUT2D eigenvalue weighted by molar-refractivity contribution is -0.142. The van der Waals surface area contributed by atoms with E-state index in [2.05, 4.69) is 5.32 Å². The molecule has 2 fully saturated rings. The Morgan fingerprint density at radius 2 is 2.04 bits per heavy atom. The second kappa shape index (κ2) is 11.5. The van der Waals surface area contributed by atoms with Crippen molar-refractivity contribution in [3.63, 3.8) is 0 Å². The predicted octanol–water partition coefficient (Wildman–Crippen LogP) is 2.24. The van der Waals surface area contributed by atoms with Gasteiger partial charge in [-0.05, 0) is 31.2 Å². The van der Waals surface area contributed by atoms with Crippen LogP contribution in [0.1, 0.15) is 50.9 Å². The highest BCUT2D eigenvalue weighted by Crippen LogP contribution is 2.27. The highest BCUT2D eigenvalue weighted by atomic mass is 32.1. The summed E-state index contributed by atoms with van der Waals surface area (Å²) in [4.78, 5) is 39.2. The van der Waals surface area contributed by atoms with E-state index in [1.807, 2.05) is 13.8 Å². The van der Waals surface area contributed by atoms with Gasteiger partial charge in [-0.2, -0.15) is 27.0 Å². The Hall–Kier alpha value is -1.45. The van der Waals surface area contributed by atoms with Crippen molar-refractivity contribution < 1.29 is 23.5 Å². The van der Waals surface area contributed by atoms with Crippen LogP contribution >= 0.6 is 27.0 Å². The molecule has 160 valence electrons. The molecule has 0 saturated carbocycles. The van der Waals surface area contributed by atoms with Crippen LogP contribution in [0.2, 0.25) is 0 Å². The third-order valence-electron chi connectivity index (χ3n) is 4.72. The third-order valence-corrected chi connectivity index (χ3v) is 4.72. The molecular formula is C19H32N2O5S2. The molecule has 3 atom stereocenters. The number of hydrogen-bond donors (Lipinski definition) is 1. The van der Waals surface area contributed by atoms with Gasteiger partial charge >= 0.3 is 0 Å². The monoisotopic (exact) mass is 432 g/mol. The van der Waals surface area contributed by atoms with Crippen LogP contribution in [-0.4, -0.2) is 53.8 Å². The van der Waals surface area contributed by atoms with E-state index in [9.17, 15) is 14.4 Å². The summed E-state index contributed by atoms with van der Waals surface area (Å²) in [6.45, 7) is 4.57. The van der Waals surface area contributed by atoms with E-state index in [1.165, 1.54) is 12.5 Å². The van der Waals surface area contributed by atoms with E-state index >= 15 is 0 Å². The minimum Gasteiger partial charge on any atom is -0.472 e. The van der Waals surface area contributed by atoms with Crippen LogP contribution in [0.5, 0.6) is 0 Å². The lowest BCUT2D eigenvalue weighted by Gasteiger charge is -2.37. The van der Waals surface area contributed by atoms with Crippen LogP contribution in [-0.2, 0) is 14.3 Å². The number of piperidine rings is 1. The molecule has 0 spiro atoms. The van der Waals surface area contributed by atoms with Gasteiger partial charge in [-0.1, -0.05) is 21.3 Å². The average molecular weight is 433 g/mol. The molecule has 9 heteroatoms. The second-order valence-electron chi connectivity index (χ2n) is 7.10. The number of fused-ring (bicyclic) bond motifs is 1. The van der Waals surface area contributed by atoms with E-state index in [0.717, 1.165) is 12.8 Å². The third kappa shape index (κ3) is 5.78. The number of furan rings is 1. The standard InChI is InChI=1S/C18H24N2O5.CH4.2H2S/c1-11(2)8-13(19-17(22)12-5-7-24-9-12)18(23)20-6-3-4-15-16(20)14(21)10-25-15;;;/h5,7,9,11,13,15-16H,3-4,6,8,10H2,1-2H3,(H,19,22);1H4;2*1H2/t13-,15-,16-;;;/m0.../s1. The number of likely N-dealkylation sites (tertiary alicyclic amines) is 1. The summed E-state index contributed by atoms with van der Waals surface area (Å²) in [5.41, 5.74) is 0.373. The SMILES string of the molecule is C.CC(C)C[C@H](NC(=O)c1ccoc1)C(=O)N1CCC[C@@H]2OCC(=O)[C@@H]21.S.S. The number of ketones is 1. The molecular weight excluding hydrogens is 400 g/mol. The van der Waals surface area contributed by atoms with E-state index in [4.69, 9.17) is 9.15 Å². The van der Waals surface area contributed by atoms with Gasteiger partial charge in [-0.3, -0.25) is 14.4 Å². The minimum atomic E-state index is -0.672. The zero-order valence-corrected chi connectivity index (χ0v) is 17.6. The maximum absolute atomic E-state index is 13.1. The Bertz CT molecular complexity index is 651. The quantitative estimate of drug-likeness (QED) is 0.771. The van der Waals surface area contributed by atoms with E-state index in [1.54, 1.807) is 11.0 Å². The highest BCUT2D eigenvalue weighted by molar-refractivity contribution is 7.59. The summed E-state index contributed by atoms with van der Waals surface area (Å²) < 4.78 is 10.4. The van der Waals surface area contributed by atoms with Crippen molar-refractivity contribution in [2.24, 2.45) is 5.92 Å². The van der Waals surface area contributed by atoms with E-state index in [-0.39, 0.29) is 70.6 Å². The summed E-state index contributed by atoms with van der Waals surface area (Å²) >= 11 is 0. The van der Waals surface area contributed by atoms with Crippen molar-refractivity contribution in [3.8, 4) is 0 Å². The molecule has 28 heavy (non-hydrogen) atoms. The van der Waals surface area contributed by atoms with Crippen molar-refractivity contribution in [2.75, 3.05) is 13.2 Å². The fourth-order valence-corrected chi connectivity index (χ4v) is 3.57. The fraction of sp³-hybridized carbons (Fsp3) is 0.632. The first-order valence-electron chi connectivity index (χ1n) is 8.75. The van der Waals surface area contributed by atoms with Crippen molar-refractivity contribution in [1.82, 2.24) is 10.2 Å². The number of Topliss-reactive ketones (excluding diaryl/α,β-unsaturated/α-hetero) is 1. The smallest absolute Gasteiger partial charge is 0.255 e. The maximum Gasteiger partial charge on any atom is 0.255 e. The van der Waals surface area contributed by atoms with Crippen molar-refractivity contribution >= 4 is 44.6 Å². The van der Waals surface area contributed by atoms with E-state index in [0.29, 0.717) is 18.5 Å².